The number of fused-ring (bicyclic) bond motifs is 3. The summed E-state index contributed by atoms with van der Waals surface area (Å²) in [5, 5.41) is 4.56. The van der Waals surface area contributed by atoms with Gasteiger partial charge in [0.1, 0.15) is 11.3 Å². The summed E-state index contributed by atoms with van der Waals surface area (Å²) >= 11 is 0. The van der Waals surface area contributed by atoms with Crippen molar-refractivity contribution >= 4 is 21.9 Å². The first-order chi connectivity index (χ1) is 14.2. The number of methoxy groups -OCH3 is 1. The lowest BCUT2D eigenvalue weighted by Crippen LogP contribution is -2.28. The zero-order valence-electron chi connectivity index (χ0n) is 16.9. The lowest BCUT2D eigenvalue weighted by molar-refractivity contribution is 0.340. The molecule has 7 heteroatoms. The molecule has 1 aliphatic rings. The van der Waals surface area contributed by atoms with Crippen molar-refractivity contribution in [3.63, 3.8) is 0 Å². The maximum atomic E-state index is 5.41. The zero-order valence-corrected chi connectivity index (χ0v) is 16.9. The summed E-state index contributed by atoms with van der Waals surface area (Å²) in [6, 6.07) is 6.09. The number of imidazole rings is 2. The number of pyridine rings is 1. The van der Waals surface area contributed by atoms with Crippen LogP contribution in [-0.4, -0.2) is 44.7 Å². The van der Waals surface area contributed by atoms with Crippen molar-refractivity contribution in [2.24, 2.45) is 5.92 Å². The van der Waals surface area contributed by atoms with Crippen LogP contribution in [0.2, 0.25) is 0 Å². The first-order valence-corrected chi connectivity index (χ1v) is 10.3. The molecule has 0 amide bonds. The van der Waals surface area contributed by atoms with E-state index in [1.807, 2.05) is 25.3 Å². The van der Waals surface area contributed by atoms with Crippen LogP contribution in [0.1, 0.15) is 25.0 Å². The number of hydrogen-bond donors (Lipinski definition) is 2. The summed E-state index contributed by atoms with van der Waals surface area (Å²) < 4.78 is 7.75. The van der Waals surface area contributed by atoms with Gasteiger partial charge in [0.25, 0.3) is 0 Å². The maximum Gasteiger partial charge on any atom is 0.177 e. The molecule has 7 nitrogen and oxygen atoms in total. The first kappa shape index (κ1) is 18.1. The highest BCUT2D eigenvalue weighted by Crippen LogP contribution is 2.33. The highest BCUT2D eigenvalue weighted by Gasteiger charge is 2.21. The predicted octanol–water partition coefficient (Wildman–Crippen LogP) is 3.68. The molecule has 4 heterocycles. The number of nitrogens with zero attached hydrogens (tertiary/aromatic N) is 4. The van der Waals surface area contributed by atoms with Crippen LogP contribution in [0.5, 0.6) is 5.75 Å². The van der Waals surface area contributed by atoms with Crippen LogP contribution in [0.25, 0.3) is 33.6 Å². The van der Waals surface area contributed by atoms with Crippen LogP contribution >= 0.6 is 0 Å². The average molecular weight is 390 g/mol. The Morgan fingerprint density at radius 3 is 2.83 bits per heavy atom. The van der Waals surface area contributed by atoms with Crippen LogP contribution in [0.3, 0.4) is 0 Å². The van der Waals surface area contributed by atoms with E-state index in [9.17, 15) is 0 Å². The monoisotopic (exact) mass is 390 g/mol. The molecule has 0 unspecified atom stereocenters. The Morgan fingerprint density at radius 2 is 2.07 bits per heavy atom. The summed E-state index contributed by atoms with van der Waals surface area (Å²) in [5.74, 6) is 3.24. The standard InChI is InChI=1S/C22H26N6O/c1-14-19-20(17-4-3-16(29-2)13-18(17)26-14)28(12-7-15-5-8-23-9-6-15)22(27-19)21-24-10-11-25-21/h3-4,10-11,13,15,23H,5-9,12H2,1-2H3,(H,24,25). The number of rotatable bonds is 5. The summed E-state index contributed by atoms with van der Waals surface area (Å²) in [5.41, 5.74) is 3.94. The van der Waals surface area contributed by atoms with Crippen molar-refractivity contribution in [3.8, 4) is 17.4 Å². The van der Waals surface area contributed by atoms with Gasteiger partial charge in [-0.2, -0.15) is 0 Å². The smallest absolute Gasteiger partial charge is 0.177 e. The van der Waals surface area contributed by atoms with Gasteiger partial charge in [-0.1, -0.05) is 0 Å². The number of H-pyrrole nitrogens is 1. The molecule has 5 rings (SSSR count). The fourth-order valence-electron chi connectivity index (χ4n) is 4.41. The molecule has 2 N–H and O–H groups in total. The normalized spacial score (nSPS) is 15.4. The van der Waals surface area contributed by atoms with Crippen molar-refractivity contribution in [1.82, 2.24) is 29.8 Å². The highest BCUT2D eigenvalue weighted by molar-refractivity contribution is 6.04. The minimum absolute atomic E-state index is 0.743. The molecular weight excluding hydrogens is 364 g/mol. The van der Waals surface area contributed by atoms with Crippen LogP contribution < -0.4 is 10.1 Å². The Bertz CT molecular complexity index is 1140. The first-order valence-electron chi connectivity index (χ1n) is 10.3. The second-order valence-electron chi connectivity index (χ2n) is 7.78. The fraction of sp³-hybridized carbons (Fsp3) is 0.409. The van der Waals surface area contributed by atoms with Gasteiger partial charge in [-0.25, -0.2) is 9.97 Å². The third-order valence-corrected chi connectivity index (χ3v) is 5.99. The summed E-state index contributed by atoms with van der Waals surface area (Å²) in [7, 11) is 1.69. The largest absolute Gasteiger partial charge is 0.497 e. The number of nitrogens with one attached hydrogen (secondary N) is 2. The Morgan fingerprint density at radius 1 is 1.21 bits per heavy atom. The lowest BCUT2D eigenvalue weighted by Gasteiger charge is -2.23. The average Bonchev–Trinajstić information content (AvgIpc) is 3.41. The van der Waals surface area contributed by atoms with Crippen molar-refractivity contribution < 1.29 is 4.74 Å². The molecule has 0 bridgehead atoms. The van der Waals surface area contributed by atoms with E-state index < -0.39 is 0 Å². The Labute approximate surface area is 169 Å². The number of aromatic nitrogens is 5. The molecular formula is C22H26N6O. The maximum absolute atomic E-state index is 5.41. The summed E-state index contributed by atoms with van der Waals surface area (Å²) in [4.78, 5) is 17.5. The molecule has 1 fully saturated rings. The SMILES string of the molecule is COc1ccc2c(c1)nc(C)c1nc(-c3ncc[nH]3)n(CCC3CCNCC3)c12. The topological polar surface area (TPSA) is 80.7 Å². The van der Waals surface area contributed by atoms with Gasteiger partial charge in [-0.3, -0.25) is 4.98 Å². The van der Waals surface area contributed by atoms with Crippen LogP contribution in [0, 0.1) is 12.8 Å². The van der Waals surface area contributed by atoms with Gasteiger partial charge in [-0.05, 0) is 57.3 Å². The molecule has 0 saturated carbocycles. The van der Waals surface area contributed by atoms with Crippen molar-refractivity contribution in [2.75, 3.05) is 20.2 Å². The third kappa shape index (κ3) is 3.25. The fourth-order valence-corrected chi connectivity index (χ4v) is 4.41. The molecule has 0 spiro atoms. The Balaban J connectivity index is 1.68. The summed E-state index contributed by atoms with van der Waals surface area (Å²) in [6.45, 7) is 5.18. The number of aryl methyl sites for hydroxylation is 2. The molecule has 0 atom stereocenters. The number of aromatic amines is 1. The second kappa shape index (κ2) is 7.48. The van der Waals surface area contributed by atoms with E-state index in [-0.39, 0.29) is 0 Å². The van der Waals surface area contributed by atoms with Gasteiger partial charge < -0.3 is 19.6 Å². The number of benzene rings is 1. The van der Waals surface area contributed by atoms with Gasteiger partial charge in [0.05, 0.1) is 23.8 Å². The molecule has 0 aliphatic carbocycles. The molecule has 29 heavy (non-hydrogen) atoms. The Kier molecular flexibility index (Phi) is 4.67. The third-order valence-electron chi connectivity index (χ3n) is 5.99. The molecule has 1 aliphatic heterocycles. The van der Waals surface area contributed by atoms with Crippen molar-refractivity contribution in [1.29, 1.82) is 0 Å². The molecule has 1 saturated heterocycles. The number of piperidine rings is 1. The van der Waals surface area contributed by atoms with E-state index in [2.05, 4.69) is 25.9 Å². The van der Waals surface area contributed by atoms with Crippen molar-refractivity contribution in [2.45, 2.75) is 32.7 Å². The molecule has 1 aromatic carbocycles. The van der Waals surface area contributed by atoms with Gasteiger partial charge in [0.2, 0.25) is 0 Å². The number of hydrogen-bond acceptors (Lipinski definition) is 5. The molecule has 4 aromatic rings. The van der Waals surface area contributed by atoms with Gasteiger partial charge >= 0.3 is 0 Å². The quantitative estimate of drug-likeness (QED) is 0.543. The van der Waals surface area contributed by atoms with Gasteiger partial charge in [0.15, 0.2) is 11.6 Å². The van der Waals surface area contributed by atoms with Crippen LogP contribution in [0.4, 0.5) is 0 Å². The van der Waals surface area contributed by atoms with Gasteiger partial charge in [0, 0.05) is 30.4 Å². The minimum Gasteiger partial charge on any atom is -0.497 e. The van der Waals surface area contributed by atoms with Crippen LogP contribution in [-0.2, 0) is 6.54 Å². The predicted molar refractivity (Wildman–Crippen MR) is 114 cm³/mol. The van der Waals surface area contributed by atoms with Gasteiger partial charge in [-0.15, -0.1) is 0 Å². The molecule has 150 valence electrons. The van der Waals surface area contributed by atoms with E-state index in [4.69, 9.17) is 14.7 Å². The van der Waals surface area contributed by atoms with Crippen LogP contribution in [0.15, 0.2) is 30.6 Å². The zero-order chi connectivity index (χ0) is 19.8. The van der Waals surface area contributed by atoms with E-state index >= 15 is 0 Å². The van der Waals surface area contributed by atoms with E-state index in [0.717, 1.165) is 77.0 Å². The van der Waals surface area contributed by atoms with E-state index in [1.54, 1.807) is 13.3 Å². The van der Waals surface area contributed by atoms with E-state index in [0.29, 0.717) is 0 Å². The lowest BCUT2D eigenvalue weighted by atomic mass is 9.94. The highest BCUT2D eigenvalue weighted by atomic mass is 16.5. The summed E-state index contributed by atoms with van der Waals surface area (Å²) in [6.07, 6.45) is 7.24. The van der Waals surface area contributed by atoms with Crippen molar-refractivity contribution in [3.05, 3.63) is 36.3 Å². The van der Waals surface area contributed by atoms with E-state index in [1.165, 1.54) is 12.8 Å². The minimum atomic E-state index is 0.743. The second-order valence-corrected chi connectivity index (χ2v) is 7.78. The molecule has 0 radical (unpaired) electrons. The number of ether oxygens (including phenoxy) is 1. The Hall–Kier alpha value is -2.93. The molecule has 3 aromatic heterocycles.